The molecule has 1 N–H and O–H groups in total. The molecule has 1 fully saturated rings. The second-order valence-electron chi connectivity index (χ2n) is 1.66. The van der Waals surface area contributed by atoms with Crippen LogP contribution in [-0.4, -0.2) is 21.3 Å². The zero-order chi connectivity index (χ0) is 6.04. The highest BCUT2D eigenvalue weighted by molar-refractivity contribution is 14.2. The molecule has 1 aliphatic rings. The maximum atomic E-state index is 5.38. The third-order valence-electron chi connectivity index (χ3n) is 0.923. The van der Waals surface area contributed by atoms with E-state index < -0.39 is 0 Å². The van der Waals surface area contributed by atoms with E-state index in [1.54, 1.807) is 0 Å². The van der Waals surface area contributed by atoms with Crippen molar-refractivity contribution in [3.63, 3.8) is 0 Å². The smallest absolute Gasteiger partial charge is 0.181 e. The fraction of sp³-hybridized carbons (Fsp3) is 1.00. The summed E-state index contributed by atoms with van der Waals surface area (Å²) >= 11 is 4.59. The van der Waals surface area contributed by atoms with E-state index in [1.165, 1.54) is 0 Å². The molecule has 4 heteroatoms. The Bertz CT molecular complexity index is 78.1. The first-order valence-electron chi connectivity index (χ1n) is 2.43. The average molecular weight is 339 g/mol. The first-order valence-corrected chi connectivity index (χ1v) is 4.59. The van der Waals surface area contributed by atoms with Crippen molar-refractivity contribution in [3.05, 3.63) is 0 Å². The molecule has 48 valence electrons. The predicted molar refractivity (Wildman–Crippen MR) is 49.6 cm³/mol. The highest BCUT2D eigenvalue weighted by atomic mass is 127. The zero-order valence-electron chi connectivity index (χ0n) is 4.29. The molecule has 0 radical (unpaired) electrons. The fourth-order valence-corrected chi connectivity index (χ4v) is 1.54. The maximum absolute atomic E-state index is 5.38. The third kappa shape index (κ3) is 2.32. The third-order valence-corrected chi connectivity index (χ3v) is 2.31. The normalized spacial score (nSPS) is 27.8. The summed E-state index contributed by atoms with van der Waals surface area (Å²) in [4.78, 5) is 0. The standard InChI is InChI=1S/C4H7I2NO/c5-4(6)3-7-1-2-8-4/h7H,1-3H2. The average Bonchev–Trinajstić information content (AvgIpc) is 1.65. The fourth-order valence-electron chi connectivity index (χ4n) is 0.557. The van der Waals surface area contributed by atoms with E-state index in [2.05, 4.69) is 50.5 Å². The topological polar surface area (TPSA) is 21.3 Å². The van der Waals surface area contributed by atoms with Gasteiger partial charge in [-0.25, -0.2) is 0 Å². The molecule has 1 rings (SSSR count). The van der Waals surface area contributed by atoms with Gasteiger partial charge in [-0.15, -0.1) is 0 Å². The molecule has 0 aromatic carbocycles. The van der Waals surface area contributed by atoms with Crippen molar-refractivity contribution < 1.29 is 4.74 Å². The van der Waals surface area contributed by atoms with Gasteiger partial charge in [0.1, 0.15) is 0 Å². The van der Waals surface area contributed by atoms with Gasteiger partial charge in [-0.05, 0) is 45.2 Å². The number of morpholine rings is 1. The Kier molecular flexibility index (Phi) is 2.79. The van der Waals surface area contributed by atoms with E-state index in [0.29, 0.717) is 0 Å². The van der Waals surface area contributed by atoms with E-state index in [0.717, 1.165) is 19.7 Å². The lowest BCUT2D eigenvalue weighted by Crippen LogP contribution is -2.40. The molecule has 0 aromatic rings. The number of alkyl halides is 2. The lowest BCUT2D eigenvalue weighted by atomic mass is 10.5. The molecule has 1 aliphatic heterocycles. The number of hydrogen-bond donors (Lipinski definition) is 1. The van der Waals surface area contributed by atoms with Crippen molar-refractivity contribution in [3.8, 4) is 0 Å². The van der Waals surface area contributed by atoms with E-state index in [4.69, 9.17) is 4.74 Å². The van der Waals surface area contributed by atoms with E-state index >= 15 is 0 Å². The molecular formula is C4H7I2NO. The van der Waals surface area contributed by atoms with E-state index in [-0.39, 0.29) is 1.61 Å². The number of nitrogens with one attached hydrogen (secondary N) is 1. The second-order valence-corrected chi connectivity index (χ2v) is 7.21. The Morgan fingerprint density at radius 1 is 1.50 bits per heavy atom. The minimum Gasteiger partial charge on any atom is -0.353 e. The van der Waals surface area contributed by atoms with Crippen molar-refractivity contribution in [2.75, 3.05) is 19.7 Å². The molecule has 1 saturated heterocycles. The second kappa shape index (κ2) is 2.98. The first-order chi connectivity index (χ1) is 3.71. The van der Waals surface area contributed by atoms with Crippen molar-refractivity contribution in [2.24, 2.45) is 0 Å². The van der Waals surface area contributed by atoms with Crippen LogP contribution in [0.3, 0.4) is 0 Å². The molecule has 0 unspecified atom stereocenters. The minimum absolute atomic E-state index is 0.00771. The summed E-state index contributed by atoms with van der Waals surface area (Å²) < 4.78 is 5.38. The van der Waals surface area contributed by atoms with Crippen molar-refractivity contribution in [2.45, 2.75) is 1.61 Å². The van der Waals surface area contributed by atoms with Crippen LogP contribution in [0.4, 0.5) is 0 Å². The summed E-state index contributed by atoms with van der Waals surface area (Å²) in [6.45, 7) is 2.79. The van der Waals surface area contributed by atoms with Crippen molar-refractivity contribution >= 4 is 45.2 Å². The van der Waals surface area contributed by atoms with Crippen LogP contribution in [-0.2, 0) is 4.74 Å². The first kappa shape index (κ1) is 7.49. The molecule has 1 heterocycles. The summed E-state index contributed by atoms with van der Waals surface area (Å²) in [6, 6.07) is 0. The maximum Gasteiger partial charge on any atom is 0.181 e. The van der Waals surface area contributed by atoms with Gasteiger partial charge in [-0.3, -0.25) is 0 Å². The van der Waals surface area contributed by atoms with Gasteiger partial charge >= 0.3 is 0 Å². The largest absolute Gasteiger partial charge is 0.353 e. The lowest BCUT2D eigenvalue weighted by Gasteiger charge is -2.26. The molecule has 0 amide bonds. The molecule has 0 atom stereocenters. The Balaban J connectivity index is 2.33. The Labute approximate surface area is 76.0 Å². The molecule has 2 nitrogen and oxygen atoms in total. The van der Waals surface area contributed by atoms with Gasteiger partial charge < -0.3 is 10.1 Å². The van der Waals surface area contributed by atoms with Gasteiger partial charge in [0.2, 0.25) is 0 Å². The van der Waals surface area contributed by atoms with Crippen LogP contribution in [0, 0.1) is 0 Å². The Morgan fingerprint density at radius 3 is 2.50 bits per heavy atom. The number of halogens is 2. The van der Waals surface area contributed by atoms with Crippen LogP contribution in [0.5, 0.6) is 0 Å². The number of rotatable bonds is 0. The van der Waals surface area contributed by atoms with Crippen LogP contribution in [0.25, 0.3) is 0 Å². The summed E-state index contributed by atoms with van der Waals surface area (Å²) in [5, 5.41) is 3.24. The Morgan fingerprint density at radius 2 is 2.25 bits per heavy atom. The highest BCUT2D eigenvalue weighted by Gasteiger charge is 2.24. The molecule has 0 bridgehead atoms. The molecule has 8 heavy (non-hydrogen) atoms. The predicted octanol–water partition coefficient (Wildman–Crippen LogP) is 1.13. The zero-order valence-corrected chi connectivity index (χ0v) is 8.60. The van der Waals surface area contributed by atoms with E-state index in [9.17, 15) is 0 Å². The lowest BCUT2D eigenvalue weighted by molar-refractivity contribution is 0.0850. The van der Waals surface area contributed by atoms with Crippen LogP contribution in [0.1, 0.15) is 0 Å². The van der Waals surface area contributed by atoms with Gasteiger partial charge in [-0.2, -0.15) is 0 Å². The van der Waals surface area contributed by atoms with Crippen molar-refractivity contribution in [1.29, 1.82) is 0 Å². The van der Waals surface area contributed by atoms with Crippen LogP contribution >= 0.6 is 45.2 Å². The van der Waals surface area contributed by atoms with Gasteiger partial charge in [0.05, 0.1) is 6.61 Å². The Hall–Kier alpha value is 1.38. The van der Waals surface area contributed by atoms with Crippen molar-refractivity contribution in [1.82, 2.24) is 5.32 Å². The summed E-state index contributed by atoms with van der Waals surface area (Å²) in [6.07, 6.45) is 0. The van der Waals surface area contributed by atoms with Gasteiger partial charge in [0, 0.05) is 13.1 Å². The SMILES string of the molecule is IC1(I)CNCCO1. The van der Waals surface area contributed by atoms with Crippen LogP contribution in [0.2, 0.25) is 0 Å². The van der Waals surface area contributed by atoms with Gasteiger partial charge in [-0.1, -0.05) is 0 Å². The van der Waals surface area contributed by atoms with Gasteiger partial charge in [0.15, 0.2) is 1.61 Å². The monoisotopic (exact) mass is 339 g/mol. The summed E-state index contributed by atoms with van der Waals surface area (Å²) in [5.41, 5.74) is 0. The molecule has 0 saturated carbocycles. The van der Waals surface area contributed by atoms with E-state index in [1.807, 2.05) is 0 Å². The molecule has 0 aliphatic carbocycles. The van der Waals surface area contributed by atoms with Crippen LogP contribution in [0.15, 0.2) is 0 Å². The molecule has 0 spiro atoms. The van der Waals surface area contributed by atoms with Gasteiger partial charge in [0.25, 0.3) is 0 Å². The molecule has 0 aromatic heterocycles. The number of ether oxygens (including phenoxy) is 1. The minimum atomic E-state index is 0.00771. The summed E-state index contributed by atoms with van der Waals surface area (Å²) in [5.74, 6) is 0. The number of hydrogen-bond acceptors (Lipinski definition) is 2. The quantitative estimate of drug-likeness (QED) is 0.528. The van der Waals surface area contributed by atoms with Crippen LogP contribution < -0.4 is 5.32 Å². The highest BCUT2D eigenvalue weighted by Crippen LogP contribution is 2.29. The molecular weight excluding hydrogens is 332 g/mol. The summed E-state index contributed by atoms with van der Waals surface area (Å²) in [7, 11) is 0.